The number of ether oxygens (including phenoxy) is 1. The van der Waals surface area contributed by atoms with Crippen molar-refractivity contribution in [1.82, 2.24) is 0 Å². The van der Waals surface area contributed by atoms with Crippen molar-refractivity contribution in [3.63, 3.8) is 0 Å². The molecule has 0 amide bonds. The van der Waals surface area contributed by atoms with Crippen molar-refractivity contribution < 1.29 is 9.16 Å². The maximum atomic E-state index is 5.73. The summed E-state index contributed by atoms with van der Waals surface area (Å²) in [6, 6.07) is 0. The lowest BCUT2D eigenvalue weighted by molar-refractivity contribution is 0.0972. The summed E-state index contributed by atoms with van der Waals surface area (Å²) in [6.07, 6.45) is 18.3. The van der Waals surface area contributed by atoms with E-state index in [9.17, 15) is 0 Å². The van der Waals surface area contributed by atoms with Crippen molar-refractivity contribution >= 4 is 9.76 Å². The minimum atomic E-state index is -0.396. The second-order valence-corrected chi connectivity index (χ2v) is 11.3. The van der Waals surface area contributed by atoms with Gasteiger partial charge in [0.1, 0.15) is 0 Å². The topological polar surface area (TPSA) is 18.5 Å². The zero-order valence-electron chi connectivity index (χ0n) is 17.3. The Hall–Kier alpha value is 0.137. The molecule has 0 fully saturated rings. The molecule has 0 heterocycles. The summed E-state index contributed by atoms with van der Waals surface area (Å²) < 4.78 is 11.4. The minimum absolute atomic E-state index is 0.396. The second-order valence-electron chi connectivity index (χ2n) is 8.47. The molecule has 0 spiro atoms. The van der Waals surface area contributed by atoms with Crippen molar-refractivity contribution in [3.8, 4) is 0 Å². The molecule has 0 aromatic carbocycles. The third kappa shape index (κ3) is 22.1. The molecule has 0 radical (unpaired) electrons. The third-order valence-electron chi connectivity index (χ3n) is 4.30. The van der Waals surface area contributed by atoms with Crippen LogP contribution in [0.15, 0.2) is 0 Å². The Kier molecular flexibility index (Phi) is 18.0. The molecule has 0 aliphatic heterocycles. The zero-order valence-corrected chi connectivity index (χ0v) is 18.8. The van der Waals surface area contributed by atoms with Crippen molar-refractivity contribution in [1.29, 1.82) is 0 Å². The van der Waals surface area contributed by atoms with Crippen molar-refractivity contribution in [2.45, 2.75) is 116 Å². The fourth-order valence-electron chi connectivity index (χ4n) is 2.82. The van der Waals surface area contributed by atoms with Crippen LogP contribution in [0.3, 0.4) is 0 Å². The highest BCUT2D eigenvalue weighted by molar-refractivity contribution is 6.31. The molecule has 0 unspecified atom stereocenters. The van der Waals surface area contributed by atoms with Crippen LogP contribution in [0, 0.1) is 0 Å². The third-order valence-corrected chi connectivity index (χ3v) is 5.66. The Labute approximate surface area is 155 Å². The van der Waals surface area contributed by atoms with E-state index in [2.05, 4.69) is 27.7 Å². The normalized spacial score (nSPS) is 12.5. The Bertz CT molecular complexity index is 238. The van der Waals surface area contributed by atoms with Crippen LogP contribution in [0.4, 0.5) is 0 Å². The Morgan fingerprint density at radius 1 is 0.583 bits per heavy atom. The number of hydrogen-bond donors (Lipinski definition) is 0. The lowest BCUT2D eigenvalue weighted by atomic mass is 10.0. The number of unbranched alkanes of at least 4 members (excludes halogenated alkanes) is 12. The Morgan fingerprint density at radius 2 is 1.04 bits per heavy atom. The summed E-state index contributed by atoms with van der Waals surface area (Å²) in [4.78, 5) is 0. The van der Waals surface area contributed by atoms with E-state index in [0.717, 1.165) is 19.8 Å². The molecule has 0 aromatic rings. The van der Waals surface area contributed by atoms with E-state index in [1.54, 1.807) is 0 Å². The van der Waals surface area contributed by atoms with Crippen LogP contribution in [-0.2, 0) is 9.16 Å². The first-order chi connectivity index (χ1) is 11.6. The van der Waals surface area contributed by atoms with Gasteiger partial charge in [-0.1, -0.05) is 105 Å². The van der Waals surface area contributed by atoms with Crippen LogP contribution >= 0.6 is 0 Å². The molecule has 0 saturated heterocycles. The van der Waals surface area contributed by atoms with Gasteiger partial charge in [0, 0.05) is 6.61 Å². The molecule has 0 aromatic heterocycles. The van der Waals surface area contributed by atoms with Gasteiger partial charge >= 0.3 is 0 Å². The highest BCUT2D eigenvalue weighted by Gasteiger charge is 2.10. The van der Waals surface area contributed by atoms with Crippen LogP contribution < -0.4 is 0 Å². The second kappa shape index (κ2) is 17.9. The van der Waals surface area contributed by atoms with Crippen molar-refractivity contribution in [2.24, 2.45) is 0 Å². The fourth-order valence-corrected chi connectivity index (χ4v) is 3.69. The smallest absolute Gasteiger partial charge is 0.166 e. The number of rotatable bonds is 18. The molecule has 0 aliphatic rings. The van der Waals surface area contributed by atoms with Gasteiger partial charge in [0.2, 0.25) is 0 Å². The molecule has 24 heavy (non-hydrogen) atoms. The van der Waals surface area contributed by atoms with Crippen LogP contribution in [0.25, 0.3) is 0 Å². The maximum absolute atomic E-state index is 5.73. The van der Waals surface area contributed by atoms with Crippen LogP contribution in [0.2, 0.25) is 5.04 Å². The lowest BCUT2D eigenvalue weighted by Gasteiger charge is -2.16. The molecular weight excluding hydrogens is 312 g/mol. The summed E-state index contributed by atoms with van der Waals surface area (Å²) in [5.74, 6) is 0. The van der Waals surface area contributed by atoms with Gasteiger partial charge in [-0.25, -0.2) is 0 Å². The predicted molar refractivity (Wildman–Crippen MR) is 111 cm³/mol. The molecule has 146 valence electrons. The number of hydrogen-bond acceptors (Lipinski definition) is 2. The first-order valence-corrected chi connectivity index (χ1v) is 12.0. The average molecular weight is 359 g/mol. The van der Waals surface area contributed by atoms with Gasteiger partial charge in [0.05, 0.1) is 13.2 Å². The predicted octanol–water partition coefficient (Wildman–Crippen LogP) is 6.41. The molecule has 3 heteroatoms. The maximum Gasteiger partial charge on any atom is 0.166 e. The molecule has 0 saturated carbocycles. The van der Waals surface area contributed by atoms with E-state index in [-0.39, 0.29) is 0 Å². The van der Waals surface area contributed by atoms with Gasteiger partial charge in [0.25, 0.3) is 0 Å². The van der Waals surface area contributed by atoms with Gasteiger partial charge in [-0.15, -0.1) is 0 Å². The van der Waals surface area contributed by atoms with Gasteiger partial charge in [-0.2, -0.15) is 0 Å². The molecule has 0 N–H and O–H groups in total. The van der Waals surface area contributed by atoms with E-state index >= 15 is 0 Å². The van der Waals surface area contributed by atoms with Crippen molar-refractivity contribution in [3.05, 3.63) is 0 Å². The average Bonchev–Trinajstić information content (AvgIpc) is 2.52. The van der Waals surface area contributed by atoms with Gasteiger partial charge in [-0.05, 0) is 11.5 Å². The summed E-state index contributed by atoms with van der Waals surface area (Å²) >= 11 is 0. The van der Waals surface area contributed by atoms with Crippen LogP contribution in [-0.4, -0.2) is 29.6 Å². The summed E-state index contributed by atoms with van der Waals surface area (Å²) in [5, 5.41) is 0.398. The molecule has 0 atom stereocenters. The lowest BCUT2D eigenvalue weighted by Crippen LogP contribution is -2.15. The molecule has 2 nitrogen and oxygen atoms in total. The highest BCUT2D eigenvalue weighted by atomic mass is 28.2. The SMILES string of the molecule is CCCCCCCCCCCCCCCOCCO[SiH2]C(C)(C)C. The Balaban J connectivity index is 3.00. The van der Waals surface area contributed by atoms with Crippen LogP contribution in [0.5, 0.6) is 0 Å². The van der Waals surface area contributed by atoms with E-state index < -0.39 is 9.76 Å². The first-order valence-electron chi connectivity index (χ1n) is 10.7. The molecule has 0 aliphatic carbocycles. The van der Waals surface area contributed by atoms with Gasteiger partial charge < -0.3 is 9.16 Å². The first kappa shape index (κ1) is 24.1. The van der Waals surface area contributed by atoms with Crippen LogP contribution in [0.1, 0.15) is 111 Å². The fraction of sp³-hybridized carbons (Fsp3) is 1.00. The standard InChI is InChI=1S/C21H46O2Si/c1-5-6-7-8-9-10-11-12-13-14-15-16-17-18-22-19-20-23-24-21(2,3)4/h5-20,24H2,1-4H3. The summed E-state index contributed by atoms with van der Waals surface area (Å²) in [6.45, 7) is 11.5. The van der Waals surface area contributed by atoms with Gasteiger partial charge in [-0.3, -0.25) is 0 Å². The van der Waals surface area contributed by atoms with E-state index in [4.69, 9.17) is 9.16 Å². The van der Waals surface area contributed by atoms with E-state index in [1.807, 2.05) is 0 Å². The molecule has 0 bridgehead atoms. The molecular formula is C21H46O2Si. The minimum Gasteiger partial charge on any atom is -0.421 e. The van der Waals surface area contributed by atoms with Crippen molar-refractivity contribution in [2.75, 3.05) is 19.8 Å². The highest BCUT2D eigenvalue weighted by Crippen LogP contribution is 2.19. The zero-order chi connectivity index (χ0) is 17.9. The summed E-state index contributed by atoms with van der Waals surface area (Å²) in [7, 11) is -0.396. The largest absolute Gasteiger partial charge is 0.421 e. The van der Waals surface area contributed by atoms with Gasteiger partial charge in [0.15, 0.2) is 9.76 Å². The molecule has 0 rings (SSSR count). The quantitative estimate of drug-likeness (QED) is 0.208. The monoisotopic (exact) mass is 358 g/mol. The summed E-state index contributed by atoms with van der Waals surface area (Å²) in [5.41, 5.74) is 0. The van der Waals surface area contributed by atoms with E-state index in [0.29, 0.717) is 5.04 Å². The van der Waals surface area contributed by atoms with E-state index in [1.165, 1.54) is 83.5 Å². The Morgan fingerprint density at radius 3 is 1.50 bits per heavy atom.